The minimum atomic E-state index is -2.99. The zero-order valence-electron chi connectivity index (χ0n) is 6.87. The molecule has 0 radical (unpaired) electrons. The van der Waals surface area contributed by atoms with Crippen LogP contribution in [0.5, 0.6) is 0 Å². The zero-order valence-corrected chi connectivity index (χ0v) is 7.69. The minimum absolute atomic E-state index is 0.233. The van der Waals surface area contributed by atoms with E-state index in [2.05, 4.69) is 0 Å². The molecular formula is C6H14N2O2S. The van der Waals surface area contributed by atoms with Crippen molar-refractivity contribution in [3.8, 4) is 0 Å². The van der Waals surface area contributed by atoms with Gasteiger partial charge in [0.15, 0.2) is 0 Å². The highest BCUT2D eigenvalue weighted by Gasteiger charge is 2.42. The first-order valence-corrected chi connectivity index (χ1v) is 5.20. The Bertz CT molecular complexity index is 249. The van der Waals surface area contributed by atoms with Crippen molar-refractivity contribution >= 4 is 10.0 Å². The lowest BCUT2D eigenvalue weighted by atomic mass is 10.0. The van der Waals surface area contributed by atoms with E-state index in [1.165, 1.54) is 4.31 Å². The second-order valence-corrected chi connectivity index (χ2v) is 5.35. The molecule has 11 heavy (non-hydrogen) atoms. The van der Waals surface area contributed by atoms with Crippen LogP contribution in [-0.2, 0) is 10.0 Å². The van der Waals surface area contributed by atoms with E-state index < -0.39 is 10.0 Å². The van der Waals surface area contributed by atoms with Gasteiger partial charge in [0.1, 0.15) is 0 Å². The summed E-state index contributed by atoms with van der Waals surface area (Å²) < 4.78 is 23.8. The van der Waals surface area contributed by atoms with Crippen molar-refractivity contribution < 1.29 is 8.42 Å². The third-order valence-corrected chi connectivity index (χ3v) is 4.51. The van der Waals surface area contributed by atoms with Crippen molar-refractivity contribution in [1.82, 2.24) is 4.31 Å². The molecule has 1 unspecified atom stereocenters. The zero-order chi connectivity index (χ0) is 8.70. The van der Waals surface area contributed by atoms with Crippen molar-refractivity contribution in [2.45, 2.75) is 18.9 Å². The largest absolute Gasteiger partial charge is 0.329 e. The van der Waals surface area contributed by atoms with E-state index >= 15 is 0 Å². The molecule has 1 aliphatic rings. The highest BCUT2D eigenvalue weighted by molar-refractivity contribution is 7.89. The van der Waals surface area contributed by atoms with Crippen LogP contribution in [0.3, 0.4) is 0 Å². The van der Waals surface area contributed by atoms with Crippen LogP contribution in [0, 0.1) is 0 Å². The smallest absolute Gasteiger partial charge is 0.214 e. The molecule has 0 bridgehead atoms. The Kier molecular flexibility index (Phi) is 1.98. The van der Waals surface area contributed by atoms with E-state index in [-0.39, 0.29) is 11.3 Å². The summed E-state index contributed by atoms with van der Waals surface area (Å²) in [4.78, 5) is 0. The molecule has 0 spiro atoms. The number of hydrogen-bond donors (Lipinski definition) is 1. The van der Waals surface area contributed by atoms with Crippen LogP contribution in [-0.4, -0.2) is 37.6 Å². The molecule has 1 saturated heterocycles. The van der Waals surface area contributed by atoms with Gasteiger partial charge in [-0.15, -0.1) is 0 Å². The normalized spacial score (nSPS) is 37.7. The lowest BCUT2D eigenvalue weighted by Gasteiger charge is -2.28. The van der Waals surface area contributed by atoms with Crippen molar-refractivity contribution in [1.29, 1.82) is 0 Å². The molecule has 0 aromatic heterocycles. The summed E-state index contributed by atoms with van der Waals surface area (Å²) in [6.07, 6.45) is 0.641. The number of nitrogens with two attached hydrogens (primary N) is 1. The van der Waals surface area contributed by atoms with Crippen molar-refractivity contribution in [2.24, 2.45) is 5.73 Å². The fourth-order valence-electron chi connectivity index (χ4n) is 1.21. The topological polar surface area (TPSA) is 63.4 Å². The Labute approximate surface area is 67.4 Å². The van der Waals surface area contributed by atoms with Gasteiger partial charge in [-0.3, -0.25) is 0 Å². The van der Waals surface area contributed by atoms with Gasteiger partial charge in [-0.25, -0.2) is 8.42 Å². The second-order valence-electron chi connectivity index (χ2n) is 3.23. The van der Waals surface area contributed by atoms with Crippen LogP contribution < -0.4 is 5.73 Å². The molecule has 0 saturated carbocycles. The number of rotatable bonds is 1. The molecule has 66 valence electrons. The summed E-state index contributed by atoms with van der Waals surface area (Å²) in [6.45, 7) is 2.26. The van der Waals surface area contributed by atoms with E-state index in [1.807, 2.05) is 6.92 Å². The quantitative estimate of drug-likeness (QED) is 0.581. The molecule has 4 nitrogen and oxygen atoms in total. The van der Waals surface area contributed by atoms with Crippen molar-refractivity contribution in [3.05, 3.63) is 0 Å². The van der Waals surface area contributed by atoms with Crippen LogP contribution in [0.25, 0.3) is 0 Å². The van der Waals surface area contributed by atoms with Gasteiger partial charge in [-0.05, 0) is 13.3 Å². The SMILES string of the molecule is CN1C(C)(CN)CCS1(=O)=O. The minimum Gasteiger partial charge on any atom is -0.329 e. The summed E-state index contributed by atoms with van der Waals surface area (Å²) >= 11 is 0. The maximum absolute atomic E-state index is 11.2. The summed E-state index contributed by atoms with van der Waals surface area (Å²) in [5.41, 5.74) is 5.13. The first-order chi connectivity index (χ1) is 4.92. The van der Waals surface area contributed by atoms with E-state index in [0.717, 1.165) is 0 Å². The fourth-order valence-corrected chi connectivity index (χ4v) is 3.02. The van der Waals surface area contributed by atoms with Gasteiger partial charge in [0.2, 0.25) is 10.0 Å². The maximum Gasteiger partial charge on any atom is 0.214 e. The predicted molar refractivity (Wildman–Crippen MR) is 43.6 cm³/mol. The average Bonchev–Trinajstić information content (AvgIpc) is 2.16. The lowest BCUT2D eigenvalue weighted by molar-refractivity contribution is 0.270. The molecule has 0 aliphatic carbocycles. The van der Waals surface area contributed by atoms with Crippen LogP contribution in [0.15, 0.2) is 0 Å². The Morgan fingerprint density at radius 2 is 2.18 bits per heavy atom. The van der Waals surface area contributed by atoms with E-state index in [4.69, 9.17) is 5.73 Å². The summed E-state index contributed by atoms with van der Waals surface area (Å²) in [6, 6.07) is 0. The highest BCUT2D eigenvalue weighted by atomic mass is 32.2. The molecule has 2 N–H and O–H groups in total. The molecule has 0 aromatic carbocycles. The molecule has 1 rings (SSSR count). The Morgan fingerprint density at radius 1 is 1.64 bits per heavy atom. The van der Waals surface area contributed by atoms with E-state index in [0.29, 0.717) is 13.0 Å². The van der Waals surface area contributed by atoms with Crippen molar-refractivity contribution in [2.75, 3.05) is 19.3 Å². The average molecular weight is 178 g/mol. The Balaban J connectivity index is 2.96. The second kappa shape index (κ2) is 2.43. The Morgan fingerprint density at radius 3 is 2.36 bits per heavy atom. The third-order valence-electron chi connectivity index (χ3n) is 2.52. The van der Waals surface area contributed by atoms with Crippen LogP contribution in [0.2, 0.25) is 0 Å². The monoisotopic (exact) mass is 178 g/mol. The highest BCUT2D eigenvalue weighted by Crippen LogP contribution is 2.28. The molecule has 0 amide bonds. The van der Waals surface area contributed by atoms with Gasteiger partial charge in [0, 0.05) is 19.1 Å². The summed E-state index contributed by atoms with van der Waals surface area (Å²) in [5.74, 6) is 0.233. The number of nitrogens with zero attached hydrogens (tertiary/aromatic N) is 1. The molecule has 5 heteroatoms. The van der Waals surface area contributed by atoms with Gasteiger partial charge in [-0.1, -0.05) is 0 Å². The summed E-state index contributed by atoms with van der Waals surface area (Å²) in [5, 5.41) is 0. The van der Waals surface area contributed by atoms with Gasteiger partial charge < -0.3 is 5.73 Å². The van der Waals surface area contributed by atoms with Crippen LogP contribution in [0.4, 0.5) is 0 Å². The Hall–Kier alpha value is -0.130. The van der Waals surface area contributed by atoms with Crippen molar-refractivity contribution in [3.63, 3.8) is 0 Å². The van der Waals surface area contributed by atoms with Gasteiger partial charge in [0.25, 0.3) is 0 Å². The third kappa shape index (κ3) is 1.28. The fraction of sp³-hybridized carbons (Fsp3) is 1.00. The van der Waals surface area contributed by atoms with E-state index in [1.54, 1.807) is 7.05 Å². The maximum atomic E-state index is 11.2. The predicted octanol–water partition coefficient (Wildman–Crippen LogP) is -0.631. The molecular weight excluding hydrogens is 164 g/mol. The van der Waals surface area contributed by atoms with Gasteiger partial charge in [-0.2, -0.15) is 4.31 Å². The first kappa shape index (κ1) is 8.96. The first-order valence-electron chi connectivity index (χ1n) is 3.59. The van der Waals surface area contributed by atoms with Crippen LogP contribution in [0.1, 0.15) is 13.3 Å². The molecule has 1 heterocycles. The summed E-state index contributed by atoms with van der Waals surface area (Å²) in [7, 11) is -1.40. The van der Waals surface area contributed by atoms with Gasteiger partial charge in [0.05, 0.1) is 5.75 Å². The van der Waals surface area contributed by atoms with Gasteiger partial charge >= 0.3 is 0 Å². The van der Waals surface area contributed by atoms with E-state index in [9.17, 15) is 8.42 Å². The standard InChI is InChI=1S/C6H14N2O2S/c1-6(5-7)3-4-11(9,10)8(6)2/h3-5,7H2,1-2H3. The number of hydrogen-bond acceptors (Lipinski definition) is 3. The number of sulfonamides is 1. The molecule has 1 fully saturated rings. The number of likely N-dealkylation sites (N-methyl/N-ethyl adjacent to an activating group) is 1. The molecule has 1 aliphatic heterocycles. The molecule has 1 atom stereocenters. The lowest BCUT2D eigenvalue weighted by Crippen LogP contribution is -2.46. The molecule has 0 aromatic rings. The van der Waals surface area contributed by atoms with Crippen LogP contribution >= 0.6 is 0 Å².